The number of nitrogens with zero attached hydrogens (tertiary/aromatic N) is 2. The van der Waals surface area contributed by atoms with Crippen molar-refractivity contribution in [3.05, 3.63) is 53.8 Å². The molecule has 3 aromatic rings. The average Bonchev–Trinajstić information content (AvgIpc) is 3.14. The number of urea groups is 1. The Bertz CT molecular complexity index is 955. The number of aryl methyl sites for hydroxylation is 1. The predicted molar refractivity (Wildman–Crippen MR) is 102 cm³/mol. The fourth-order valence-electron chi connectivity index (χ4n) is 2.41. The Morgan fingerprint density at radius 3 is 2.78 bits per heavy atom. The molecule has 2 amide bonds. The van der Waals surface area contributed by atoms with E-state index in [1.54, 1.807) is 37.3 Å². The van der Waals surface area contributed by atoms with Crippen LogP contribution in [0.3, 0.4) is 0 Å². The zero-order chi connectivity index (χ0) is 19.4. The summed E-state index contributed by atoms with van der Waals surface area (Å²) >= 11 is 0. The molecule has 0 fully saturated rings. The van der Waals surface area contributed by atoms with E-state index in [1.165, 1.54) is 6.07 Å². The lowest BCUT2D eigenvalue weighted by Crippen LogP contribution is -2.35. The number of carbonyl (C=O) groups excluding carboxylic acids is 1. The van der Waals surface area contributed by atoms with Gasteiger partial charge < -0.3 is 15.2 Å². The molecule has 1 atom stereocenters. The number of anilines is 1. The minimum Gasteiger partial charge on any atom is -0.335 e. The molecule has 1 heterocycles. The molecule has 1 unspecified atom stereocenters. The van der Waals surface area contributed by atoms with Crippen molar-refractivity contribution in [2.45, 2.75) is 33.2 Å². The quantitative estimate of drug-likeness (QED) is 0.680. The molecule has 0 bridgehead atoms. The third kappa shape index (κ3) is 4.49. The van der Waals surface area contributed by atoms with Gasteiger partial charge in [-0.05, 0) is 50.1 Å². The van der Waals surface area contributed by atoms with Gasteiger partial charge >= 0.3 is 6.03 Å². The SMILES string of the molecule is CCC(C)NC(=O)Nc1cccc(-c2noc(-c3ccc(C)c(F)c3)n2)c1. The molecule has 27 heavy (non-hydrogen) atoms. The largest absolute Gasteiger partial charge is 0.335 e. The molecule has 0 saturated heterocycles. The second kappa shape index (κ2) is 7.99. The van der Waals surface area contributed by atoms with Crippen molar-refractivity contribution < 1.29 is 13.7 Å². The Morgan fingerprint density at radius 2 is 2.04 bits per heavy atom. The summed E-state index contributed by atoms with van der Waals surface area (Å²) in [6, 6.07) is 11.7. The summed E-state index contributed by atoms with van der Waals surface area (Å²) in [5, 5.41) is 9.58. The maximum atomic E-state index is 13.7. The first-order valence-electron chi connectivity index (χ1n) is 8.74. The molecule has 0 saturated carbocycles. The normalized spacial score (nSPS) is 11.9. The number of benzene rings is 2. The van der Waals surface area contributed by atoms with E-state index in [0.717, 1.165) is 6.42 Å². The van der Waals surface area contributed by atoms with Crippen LogP contribution < -0.4 is 10.6 Å². The Balaban J connectivity index is 1.78. The van der Waals surface area contributed by atoms with E-state index in [1.807, 2.05) is 19.9 Å². The van der Waals surface area contributed by atoms with Gasteiger partial charge in [-0.15, -0.1) is 0 Å². The lowest BCUT2D eigenvalue weighted by molar-refractivity contribution is 0.249. The number of rotatable bonds is 5. The molecule has 2 N–H and O–H groups in total. The van der Waals surface area contributed by atoms with Crippen LogP contribution in [0.25, 0.3) is 22.8 Å². The van der Waals surface area contributed by atoms with Crippen molar-refractivity contribution in [2.75, 3.05) is 5.32 Å². The third-order valence-electron chi connectivity index (χ3n) is 4.21. The monoisotopic (exact) mass is 368 g/mol. The topological polar surface area (TPSA) is 80.0 Å². The molecule has 1 aromatic heterocycles. The van der Waals surface area contributed by atoms with E-state index in [9.17, 15) is 9.18 Å². The number of nitrogens with one attached hydrogen (secondary N) is 2. The third-order valence-corrected chi connectivity index (χ3v) is 4.21. The van der Waals surface area contributed by atoms with Crippen LogP contribution >= 0.6 is 0 Å². The van der Waals surface area contributed by atoms with Crippen molar-refractivity contribution in [2.24, 2.45) is 0 Å². The highest BCUT2D eigenvalue weighted by Crippen LogP contribution is 2.25. The van der Waals surface area contributed by atoms with Gasteiger partial charge in [-0.1, -0.05) is 30.3 Å². The average molecular weight is 368 g/mol. The fraction of sp³-hybridized carbons (Fsp3) is 0.250. The van der Waals surface area contributed by atoms with E-state index < -0.39 is 0 Å². The summed E-state index contributed by atoms with van der Waals surface area (Å²) in [5.41, 5.74) is 2.35. The van der Waals surface area contributed by atoms with E-state index in [0.29, 0.717) is 28.2 Å². The number of aromatic nitrogens is 2. The van der Waals surface area contributed by atoms with Gasteiger partial charge in [0.2, 0.25) is 5.82 Å². The Kier molecular flexibility index (Phi) is 5.49. The number of hydrogen-bond acceptors (Lipinski definition) is 4. The Morgan fingerprint density at radius 1 is 1.22 bits per heavy atom. The van der Waals surface area contributed by atoms with Crippen LogP contribution in [0.2, 0.25) is 0 Å². The highest BCUT2D eigenvalue weighted by Gasteiger charge is 2.13. The van der Waals surface area contributed by atoms with Gasteiger partial charge in [-0.25, -0.2) is 9.18 Å². The Hall–Kier alpha value is -3.22. The maximum Gasteiger partial charge on any atom is 0.319 e. The molecular formula is C20H21FN4O2. The fourth-order valence-corrected chi connectivity index (χ4v) is 2.41. The highest BCUT2D eigenvalue weighted by atomic mass is 19.1. The molecule has 6 nitrogen and oxygen atoms in total. The number of hydrogen-bond donors (Lipinski definition) is 2. The van der Waals surface area contributed by atoms with Crippen molar-refractivity contribution >= 4 is 11.7 Å². The number of halogens is 1. The molecule has 0 aliphatic heterocycles. The van der Waals surface area contributed by atoms with Crippen LogP contribution in [0.5, 0.6) is 0 Å². The van der Waals surface area contributed by atoms with Crippen LogP contribution in [0, 0.1) is 12.7 Å². The first-order valence-corrected chi connectivity index (χ1v) is 8.74. The summed E-state index contributed by atoms with van der Waals surface area (Å²) in [6.45, 7) is 5.62. The van der Waals surface area contributed by atoms with Gasteiger partial charge in [0.05, 0.1) is 0 Å². The van der Waals surface area contributed by atoms with Gasteiger partial charge in [0.1, 0.15) is 5.82 Å². The second-order valence-corrected chi connectivity index (χ2v) is 6.38. The first-order chi connectivity index (χ1) is 13.0. The molecule has 0 spiro atoms. The van der Waals surface area contributed by atoms with Crippen molar-refractivity contribution in [1.29, 1.82) is 0 Å². The molecule has 0 aliphatic rings. The zero-order valence-electron chi connectivity index (χ0n) is 15.4. The Labute approximate surface area is 156 Å². The smallest absolute Gasteiger partial charge is 0.319 e. The maximum absolute atomic E-state index is 13.7. The van der Waals surface area contributed by atoms with Crippen LogP contribution in [-0.2, 0) is 0 Å². The van der Waals surface area contributed by atoms with Gasteiger partial charge in [0.25, 0.3) is 5.89 Å². The zero-order valence-corrected chi connectivity index (χ0v) is 15.4. The molecule has 140 valence electrons. The van der Waals surface area contributed by atoms with E-state index in [-0.39, 0.29) is 23.8 Å². The molecule has 7 heteroatoms. The minimum absolute atomic E-state index is 0.0860. The van der Waals surface area contributed by atoms with Crippen LogP contribution in [-0.4, -0.2) is 22.2 Å². The van der Waals surface area contributed by atoms with Gasteiger partial charge in [0.15, 0.2) is 0 Å². The van der Waals surface area contributed by atoms with Crippen LogP contribution in [0.4, 0.5) is 14.9 Å². The molecular weight excluding hydrogens is 347 g/mol. The second-order valence-electron chi connectivity index (χ2n) is 6.38. The van der Waals surface area contributed by atoms with E-state index in [2.05, 4.69) is 20.8 Å². The van der Waals surface area contributed by atoms with Crippen molar-refractivity contribution in [1.82, 2.24) is 15.5 Å². The van der Waals surface area contributed by atoms with Gasteiger partial charge in [-0.2, -0.15) is 4.98 Å². The van der Waals surface area contributed by atoms with E-state index in [4.69, 9.17) is 4.52 Å². The van der Waals surface area contributed by atoms with Crippen molar-refractivity contribution in [3.63, 3.8) is 0 Å². The summed E-state index contributed by atoms with van der Waals surface area (Å²) in [7, 11) is 0. The van der Waals surface area contributed by atoms with Crippen LogP contribution in [0.15, 0.2) is 47.0 Å². The van der Waals surface area contributed by atoms with Crippen LogP contribution in [0.1, 0.15) is 25.8 Å². The van der Waals surface area contributed by atoms with Crippen molar-refractivity contribution in [3.8, 4) is 22.8 Å². The molecule has 0 aliphatic carbocycles. The van der Waals surface area contributed by atoms with E-state index >= 15 is 0 Å². The van der Waals surface area contributed by atoms with Gasteiger partial charge in [0, 0.05) is 22.9 Å². The lowest BCUT2D eigenvalue weighted by atomic mass is 10.1. The lowest BCUT2D eigenvalue weighted by Gasteiger charge is -2.12. The molecule has 2 aromatic carbocycles. The summed E-state index contributed by atoms with van der Waals surface area (Å²) < 4.78 is 19.0. The van der Waals surface area contributed by atoms with Gasteiger partial charge in [-0.3, -0.25) is 0 Å². The summed E-state index contributed by atoms with van der Waals surface area (Å²) in [4.78, 5) is 16.3. The highest BCUT2D eigenvalue weighted by molar-refractivity contribution is 5.90. The summed E-state index contributed by atoms with van der Waals surface area (Å²) in [5.74, 6) is 0.263. The summed E-state index contributed by atoms with van der Waals surface area (Å²) in [6.07, 6.45) is 0.846. The number of amides is 2. The minimum atomic E-state index is -0.328. The number of carbonyl (C=O) groups is 1. The molecule has 3 rings (SSSR count). The standard InChI is InChI=1S/C20H21FN4O2/c1-4-13(3)22-20(26)23-16-7-5-6-14(10-16)18-24-19(27-25-18)15-9-8-12(2)17(21)11-15/h5-11,13H,4H2,1-3H3,(H2,22,23,26). The molecule has 0 radical (unpaired) electrons. The predicted octanol–water partition coefficient (Wildman–Crippen LogP) is 4.77. The first kappa shape index (κ1) is 18.6.